The molecule has 1 heterocycles. The molecule has 0 atom stereocenters. The van der Waals surface area contributed by atoms with Crippen LogP contribution >= 0.6 is 0 Å². The predicted molar refractivity (Wildman–Crippen MR) is 85.6 cm³/mol. The zero-order chi connectivity index (χ0) is 15.9. The first kappa shape index (κ1) is 15.3. The second kappa shape index (κ2) is 7.09. The predicted octanol–water partition coefficient (Wildman–Crippen LogP) is 2.20. The lowest BCUT2D eigenvalue weighted by Crippen LogP contribution is -2.23. The molecule has 112 valence electrons. The molecule has 0 fully saturated rings. The van der Waals surface area contributed by atoms with Crippen LogP contribution in [-0.4, -0.2) is 18.1 Å². The third-order valence-corrected chi connectivity index (χ3v) is 3.14. The first-order chi connectivity index (χ1) is 10.6. The van der Waals surface area contributed by atoms with E-state index in [2.05, 4.69) is 15.3 Å². The number of benzene rings is 1. The summed E-state index contributed by atoms with van der Waals surface area (Å²) in [5.41, 5.74) is 8.43. The van der Waals surface area contributed by atoms with E-state index in [1.807, 2.05) is 31.2 Å². The minimum absolute atomic E-state index is 0.252. The molecule has 0 saturated heterocycles. The molecule has 0 amide bonds. The Bertz CT molecular complexity index is 716. The first-order valence-corrected chi connectivity index (χ1v) is 6.69. The topological polar surface area (TPSA) is 96.3 Å². The SMILES string of the molecule is COc1cccc(C)c1CN=C(N)Nc1ccc(C#N)cn1. The van der Waals surface area contributed by atoms with Crippen LogP contribution in [0.3, 0.4) is 0 Å². The Morgan fingerprint density at radius 3 is 2.86 bits per heavy atom. The first-order valence-electron chi connectivity index (χ1n) is 6.69. The van der Waals surface area contributed by atoms with Gasteiger partial charge in [0.05, 0.1) is 19.2 Å². The molecule has 6 nitrogen and oxygen atoms in total. The van der Waals surface area contributed by atoms with Crippen molar-refractivity contribution in [3.63, 3.8) is 0 Å². The number of pyridine rings is 1. The van der Waals surface area contributed by atoms with Crippen molar-refractivity contribution >= 4 is 11.8 Å². The van der Waals surface area contributed by atoms with Gasteiger partial charge < -0.3 is 15.8 Å². The number of anilines is 1. The van der Waals surface area contributed by atoms with Crippen molar-refractivity contribution in [2.45, 2.75) is 13.5 Å². The fraction of sp³-hybridized carbons (Fsp3) is 0.188. The van der Waals surface area contributed by atoms with Gasteiger partial charge in [-0.3, -0.25) is 0 Å². The number of nitrogens with one attached hydrogen (secondary N) is 1. The highest BCUT2D eigenvalue weighted by atomic mass is 16.5. The van der Waals surface area contributed by atoms with Gasteiger partial charge in [0.1, 0.15) is 17.6 Å². The molecule has 0 aliphatic heterocycles. The van der Waals surface area contributed by atoms with E-state index >= 15 is 0 Å². The summed E-state index contributed by atoms with van der Waals surface area (Å²) in [5.74, 6) is 1.58. The summed E-state index contributed by atoms with van der Waals surface area (Å²) in [6, 6.07) is 11.2. The van der Waals surface area contributed by atoms with Gasteiger partial charge in [0.25, 0.3) is 0 Å². The maximum absolute atomic E-state index is 8.73. The van der Waals surface area contributed by atoms with E-state index in [0.29, 0.717) is 17.9 Å². The van der Waals surface area contributed by atoms with Crippen LogP contribution in [0.2, 0.25) is 0 Å². The zero-order valence-electron chi connectivity index (χ0n) is 12.5. The van der Waals surface area contributed by atoms with Crippen LogP contribution in [-0.2, 0) is 6.54 Å². The molecule has 2 aromatic rings. The molecule has 6 heteroatoms. The molecule has 0 bridgehead atoms. The lowest BCUT2D eigenvalue weighted by Gasteiger charge is -2.10. The minimum Gasteiger partial charge on any atom is -0.496 e. The van der Waals surface area contributed by atoms with Crippen LogP contribution in [0.4, 0.5) is 5.82 Å². The molecular formula is C16H17N5O. The lowest BCUT2D eigenvalue weighted by molar-refractivity contribution is 0.409. The average molecular weight is 295 g/mol. The quantitative estimate of drug-likeness (QED) is 0.666. The molecule has 0 unspecified atom stereocenters. The van der Waals surface area contributed by atoms with Crippen LogP contribution in [0, 0.1) is 18.3 Å². The summed E-state index contributed by atoms with van der Waals surface area (Å²) in [6.45, 7) is 2.41. The molecule has 3 N–H and O–H groups in total. The number of nitrogens with two attached hydrogens (primary N) is 1. The number of aliphatic imine (C=N–C) groups is 1. The minimum atomic E-state index is 0.252. The summed E-state index contributed by atoms with van der Waals surface area (Å²) in [4.78, 5) is 8.38. The number of guanidine groups is 1. The Labute approximate surface area is 129 Å². The van der Waals surface area contributed by atoms with Crippen LogP contribution in [0.1, 0.15) is 16.7 Å². The highest BCUT2D eigenvalue weighted by Gasteiger charge is 2.05. The van der Waals surface area contributed by atoms with E-state index in [4.69, 9.17) is 15.7 Å². The van der Waals surface area contributed by atoms with E-state index < -0.39 is 0 Å². The number of ether oxygens (including phenoxy) is 1. The Kier molecular flexibility index (Phi) is 4.94. The van der Waals surface area contributed by atoms with Gasteiger partial charge in [-0.2, -0.15) is 5.26 Å². The van der Waals surface area contributed by atoms with Gasteiger partial charge in [0.2, 0.25) is 0 Å². The van der Waals surface area contributed by atoms with E-state index in [9.17, 15) is 0 Å². The third-order valence-electron chi connectivity index (χ3n) is 3.14. The van der Waals surface area contributed by atoms with Crippen LogP contribution in [0.15, 0.2) is 41.5 Å². The van der Waals surface area contributed by atoms with Gasteiger partial charge in [-0.25, -0.2) is 9.98 Å². The lowest BCUT2D eigenvalue weighted by atomic mass is 10.1. The molecule has 2 rings (SSSR count). The summed E-state index contributed by atoms with van der Waals surface area (Å²) in [5, 5.41) is 11.6. The molecule has 1 aromatic heterocycles. The monoisotopic (exact) mass is 295 g/mol. The van der Waals surface area contributed by atoms with Crippen LogP contribution < -0.4 is 15.8 Å². The van der Waals surface area contributed by atoms with Gasteiger partial charge >= 0.3 is 0 Å². The van der Waals surface area contributed by atoms with E-state index in [1.54, 1.807) is 19.2 Å². The third kappa shape index (κ3) is 3.73. The summed E-state index contributed by atoms with van der Waals surface area (Å²) < 4.78 is 5.33. The smallest absolute Gasteiger partial charge is 0.194 e. The number of aromatic nitrogens is 1. The van der Waals surface area contributed by atoms with Gasteiger partial charge in [-0.15, -0.1) is 0 Å². The zero-order valence-corrected chi connectivity index (χ0v) is 12.5. The molecule has 0 aliphatic carbocycles. The number of aryl methyl sites for hydroxylation is 1. The van der Waals surface area contributed by atoms with E-state index in [0.717, 1.165) is 16.9 Å². The van der Waals surface area contributed by atoms with E-state index in [1.165, 1.54) is 6.20 Å². The summed E-state index contributed by atoms with van der Waals surface area (Å²) >= 11 is 0. The fourth-order valence-electron chi connectivity index (χ4n) is 1.94. The van der Waals surface area contributed by atoms with Gasteiger partial charge in [0, 0.05) is 11.8 Å². The Balaban J connectivity index is 2.08. The van der Waals surface area contributed by atoms with E-state index in [-0.39, 0.29) is 5.96 Å². The van der Waals surface area contributed by atoms with Crippen molar-refractivity contribution in [3.8, 4) is 11.8 Å². The number of nitriles is 1. The Morgan fingerprint density at radius 1 is 1.41 bits per heavy atom. The van der Waals surface area contributed by atoms with Crippen molar-refractivity contribution in [1.29, 1.82) is 5.26 Å². The highest BCUT2D eigenvalue weighted by Crippen LogP contribution is 2.22. The Hall–Kier alpha value is -3.07. The van der Waals surface area contributed by atoms with Crippen molar-refractivity contribution < 1.29 is 4.74 Å². The average Bonchev–Trinajstić information content (AvgIpc) is 2.54. The van der Waals surface area contributed by atoms with Crippen LogP contribution in [0.5, 0.6) is 5.75 Å². The number of nitrogens with zero attached hydrogens (tertiary/aromatic N) is 3. The molecular weight excluding hydrogens is 278 g/mol. The number of rotatable bonds is 4. The van der Waals surface area contributed by atoms with Crippen molar-refractivity contribution in [3.05, 3.63) is 53.2 Å². The van der Waals surface area contributed by atoms with Gasteiger partial charge in [0.15, 0.2) is 5.96 Å². The van der Waals surface area contributed by atoms with Gasteiger partial charge in [-0.05, 0) is 30.7 Å². The van der Waals surface area contributed by atoms with Crippen molar-refractivity contribution in [1.82, 2.24) is 4.98 Å². The molecule has 0 aliphatic rings. The molecule has 0 radical (unpaired) electrons. The number of hydrogen-bond donors (Lipinski definition) is 2. The highest BCUT2D eigenvalue weighted by molar-refractivity contribution is 5.91. The number of hydrogen-bond acceptors (Lipinski definition) is 4. The maximum Gasteiger partial charge on any atom is 0.194 e. The molecule has 22 heavy (non-hydrogen) atoms. The standard InChI is InChI=1S/C16H17N5O/c1-11-4-3-5-14(22-2)13(11)10-20-16(18)21-15-7-6-12(8-17)9-19-15/h3-7,9H,10H2,1-2H3,(H3,18,19,20,21). The fourth-order valence-corrected chi connectivity index (χ4v) is 1.94. The summed E-state index contributed by atoms with van der Waals surface area (Å²) in [7, 11) is 1.63. The maximum atomic E-state index is 8.73. The summed E-state index contributed by atoms with van der Waals surface area (Å²) in [6.07, 6.45) is 1.47. The molecule has 0 saturated carbocycles. The second-order valence-electron chi connectivity index (χ2n) is 4.63. The Morgan fingerprint density at radius 2 is 2.23 bits per heavy atom. The molecule has 1 aromatic carbocycles. The normalized spacial score (nSPS) is 10.9. The van der Waals surface area contributed by atoms with Crippen molar-refractivity contribution in [2.24, 2.45) is 10.7 Å². The van der Waals surface area contributed by atoms with Crippen LogP contribution in [0.25, 0.3) is 0 Å². The van der Waals surface area contributed by atoms with Gasteiger partial charge in [-0.1, -0.05) is 12.1 Å². The number of methoxy groups -OCH3 is 1. The second-order valence-corrected chi connectivity index (χ2v) is 4.63. The molecule has 0 spiro atoms. The largest absolute Gasteiger partial charge is 0.496 e. The van der Waals surface area contributed by atoms with Crippen molar-refractivity contribution in [2.75, 3.05) is 12.4 Å².